The molecule has 0 saturated carbocycles. The van der Waals surface area contributed by atoms with Crippen LogP contribution in [0, 0.1) is 23.5 Å². The Balaban J connectivity index is 0.000000169. The van der Waals surface area contributed by atoms with Gasteiger partial charge in [0, 0.05) is 69.4 Å². The number of aromatic nitrogens is 2. The number of fused-ring (bicyclic) bond motifs is 2. The Morgan fingerprint density at radius 3 is 1.64 bits per heavy atom. The van der Waals surface area contributed by atoms with E-state index in [9.17, 15) is 37.5 Å². The zero-order valence-electron chi connectivity index (χ0n) is 32.4. The molecule has 0 radical (unpaired) electrons. The smallest absolute Gasteiger partial charge is 0.377 e. The molecular weight excluding hydrogens is 922 g/mol. The van der Waals surface area contributed by atoms with Crippen LogP contribution in [0.25, 0.3) is 21.8 Å². The van der Waals surface area contributed by atoms with Crippen molar-refractivity contribution in [1.82, 2.24) is 30.8 Å². The Morgan fingerprint density at radius 2 is 1.16 bits per heavy atom. The molecular formula is C44H40Br2F2N6O7. The van der Waals surface area contributed by atoms with Crippen molar-refractivity contribution in [2.24, 2.45) is 11.8 Å². The summed E-state index contributed by atoms with van der Waals surface area (Å²) in [6, 6.07) is 23.7. The standard InChI is InChI=1S/C22H19BrFN3O3.C12H16N2O.C10H5BrFNO3/c23-16-6-7-17(24)18-15(11-25-19(16)18)20(28)22(30)27-9-8-13(12-27)10-26-21(29)14-4-2-1-3-5-14;15-12(11-4-2-1-3-5-11)14-9-10-6-7-13-8-10;11-5-1-2-6(12)7-4(3-13-8(5)7)9(14)10(15)16/h1-7,11,13,25H,8-10,12H2,(H,26,29);1-5,10,13H,6-9H2,(H,14,15);1-3,13H,(H,15,16)/t13-;10-;/m10./s1. The molecule has 4 aromatic carbocycles. The first-order valence-electron chi connectivity index (χ1n) is 19.2. The summed E-state index contributed by atoms with van der Waals surface area (Å²) in [5, 5.41) is 17.8. The molecule has 2 aliphatic heterocycles. The Bertz CT molecular complexity index is 2580. The van der Waals surface area contributed by atoms with Crippen molar-refractivity contribution in [2.45, 2.75) is 12.8 Å². The topological polar surface area (TPSA) is 194 Å². The highest BCUT2D eigenvalue weighted by Crippen LogP contribution is 2.30. The second kappa shape index (κ2) is 20.5. The zero-order valence-corrected chi connectivity index (χ0v) is 35.6. The number of carboxylic acids is 1. The Morgan fingerprint density at radius 1 is 0.672 bits per heavy atom. The van der Waals surface area contributed by atoms with Crippen LogP contribution < -0.4 is 16.0 Å². The fourth-order valence-corrected chi connectivity index (χ4v) is 7.90. The maximum atomic E-state index is 14.3. The number of benzene rings is 4. The molecule has 4 heterocycles. The first-order valence-corrected chi connectivity index (χ1v) is 20.8. The normalized spacial score (nSPS) is 15.6. The van der Waals surface area contributed by atoms with E-state index < -0.39 is 35.1 Å². The number of nitrogens with one attached hydrogen (secondary N) is 5. The van der Waals surface area contributed by atoms with Crippen LogP contribution in [0.2, 0.25) is 0 Å². The summed E-state index contributed by atoms with van der Waals surface area (Å²) in [5.74, 6) is -4.83. The predicted octanol–water partition coefficient (Wildman–Crippen LogP) is 6.89. The first kappa shape index (κ1) is 44.5. The second-order valence-corrected chi connectivity index (χ2v) is 16.1. The molecule has 8 rings (SSSR count). The third-order valence-electron chi connectivity index (χ3n) is 10.3. The molecule has 6 N–H and O–H groups in total. The minimum absolute atomic E-state index is 0.0122. The lowest BCUT2D eigenvalue weighted by Gasteiger charge is -2.16. The molecule has 0 aliphatic carbocycles. The van der Waals surface area contributed by atoms with Gasteiger partial charge in [0.1, 0.15) is 11.6 Å². The van der Waals surface area contributed by atoms with Gasteiger partial charge in [0.05, 0.1) is 22.2 Å². The van der Waals surface area contributed by atoms with Crippen LogP contribution in [0.5, 0.6) is 0 Å². The molecule has 2 aliphatic rings. The lowest BCUT2D eigenvalue weighted by molar-refractivity contribution is -0.131. The number of H-pyrrole nitrogens is 2. The average Bonchev–Trinajstić information content (AvgIpc) is 4.13. The summed E-state index contributed by atoms with van der Waals surface area (Å²) in [7, 11) is 0. The summed E-state index contributed by atoms with van der Waals surface area (Å²) in [6.07, 6.45) is 4.40. The van der Waals surface area contributed by atoms with Gasteiger partial charge in [0.25, 0.3) is 29.3 Å². The quantitative estimate of drug-likeness (QED) is 0.0631. The van der Waals surface area contributed by atoms with Crippen molar-refractivity contribution in [3.63, 3.8) is 0 Å². The average molecular weight is 963 g/mol. The van der Waals surface area contributed by atoms with Crippen molar-refractivity contribution in [1.29, 1.82) is 0 Å². The third kappa shape index (κ3) is 10.8. The van der Waals surface area contributed by atoms with Crippen molar-refractivity contribution in [3.8, 4) is 0 Å². The van der Waals surface area contributed by atoms with E-state index in [1.165, 1.54) is 35.5 Å². The number of carboxylic acid groups (broad SMARTS) is 1. The molecule has 0 bridgehead atoms. The van der Waals surface area contributed by atoms with E-state index in [0.29, 0.717) is 57.5 Å². The Kier molecular flexibility index (Phi) is 14.9. The summed E-state index contributed by atoms with van der Waals surface area (Å²) in [6.45, 7) is 4.08. The molecule has 17 heteroatoms. The van der Waals surface area contributed by atoms with Crippen LogP contribution in [0.3, 0.4) is 0 Å². The number of carbonyl (C=O) groups is 6. The van der Waals surface area contributed by atoms with Gasteiger partial charge in [-0.25, -0.2) is 13.6 Å². The van der Waals surface area contributed by atoms with Crippen LogP contribution in [0.4, 0.5) is 8.78 Å². The van der Waals surface area contributed by atoms with Crippen molar-refractivity contribution >= 4 is 88.9 Å². The highest BCUT2D eigenvalue weighted by atomic mass is 79.9. The number of Topliss-reactive ketones (excluding diaryl/α,β-unsaturated/α-hetero) is 2. The van der Waals surface area contributed by atoms with Gasteiger partial charge in [-0.3, -0.25) is 24.0 Å². The number of carbonyl (C=O) groups excluding carboxylic acids is 5. The molecule has 2 fully saturated rings. The van der Waals surface area contributed by atoms with Crippen LogP contribution >= 0.6 is 31.9 Å². The number of amides is 3. The van der Waals surface area contributed by atoms with Gasteiger partial charge >= 0.3 is 5.97 Å². The van der Waals surface area contributed by atoms with Gasteiger partial charge in [-0.05, 0) is 118 Å². The molecule has 6 aromatic rings. The molecule has 3 amide bonds. The van der Waals surface area contributed by atoms with Crippen molar-refractivity contribution in [3.05, 3.63) is 140 Å². The summed E-state index contributed by atoms with van der Waals surface area (Å²) in [4.78, 5) is 78.1. The molecule has 13 nitrogen and oxygen atoms in total. The van der Waals surface area contributed by atoms with E-state index in [1.807, 2.05) is 36.4 Å². The Labute approximate surface area is 364 Å². The number of rotatable bonds is 10. The maximum Gasteiger partial charge on any atom is 0.377 e. The monoisotopic (exact) mass is 960 g/mol. The highest BCUT2D eigenvalue weighted by Gasteiger charge is 2.32. The van der Waals surface area contributed by atoms with E-state index >= 15 is 0 Å². The molecule has 0 spiro atoms. The van der Waals surface area contributed by atoms with Gasteiger partial charge < -0.3 is 35.9 Å². The molecule has 2 saturated heterocycles. The number of aliphatic carboxylic acids is 1. The number of halogens is 4. The maximum absolute atomic E-state index is 14.3. The Hall–Kier alpha value is -6.04. The van der Waals surface area contributed by atoms with Crippen LogP contribution in [0.15, 0.2) is 106 Å². The van der Waals surface area contributed by atoms with Crippen LogP contribution in [-0.2, 0) is 9.59 Å². The van der Waals surface area contributed by atoms with E-state index in [4.69, 9.17) is 5.11 Å². The van der Waals surface area contributed by atoms with Crippen molar-refractivity contribution in [2.75, 3.05) is 39.3 Å². The van der Waals surface area contributed by atoms with E-state index in [2.05, 4.69) is 57.8 Å². The molecule has 2 atom stereocenters. The fraction of sp³-hybridized carbons (Fsp3) is 0.227. The fourth-order valence-electron chi connectivity index (χ4n) is 7.01. The molecule has 2 aromatic heterocycles. The lowest BCUT2D eigenvalue weighted by atomic mass is 10.1. The zero-order chi connectivity index (χ0) is 43.6. The number of nitrogens with zero attached hydrogens (tertiary/aromatic N) is 1. The summed E-state index contributed by atoms with van der Waals surface area (Å²) >= 11 is 6.49. The molecule has 0 unspecified atom stereocenters. The molecule has 61 heavy (non-hydrogen) atoms. The van der Waals surface area contributed by atoms with Gasteiger partial charge in [-0.15, -0.1) is 0 Å². The predicted molar refractivity (Wildman–Crippen MR) is 231 cm³/mol. The summed E-state index contributed by atoms with van der Waals surface area (Å²) < 4.78 is 29.0. The third-order valence-corrected chi connectivity index (χ3v) is 11.6. The lowest BCUT2D eigenvalue weighted by Crippen LogP contribution is -2.36. The SMILES string of the molecule is O=C(NC[C@H]1CCN(C(=O)C(=O)c2c[nH]c3c(Br)ccc(F)c23)C1)c1ccccc1.O=C(NC[C@H]1CCNC1)c1ccccc1.O=C(O)C(=O)c1c[nH]c2c(Br)ccc(F)c12. The first-order chi connectivity index (χ1) is 29.3. The van der Waals surface area contributed by atoms with Gasteiger partial charge in [0.15, 0.2) is 0 Å². The molecule has 316 valence electrons. The minimum Gasteiger partial charge on any atom is -0.475 e. The van der Waals surface area contributed by atoms with E-state index in [-0.39, 0.29) is 39.6 Å². The van der Waals surface area contributed by atoms with Crippen molar-refractivity contribution < 1.29 is 42.7 Å². The minimum atomic E-state index is -1.61. The number of aromatic amines is 2. The second-order valence-electron chi connectivity index (χ2n) is 14.3. The van der Waals surface area contributed by atoms with Crippen LogP contribution in [-0.4, -0.2) is 94.5 Å². The van der Waals surface area contributed by atoms with E-state index in [1.54, 1.807) is 30.3 Å². The number of hydrogen-bond donors (Lipinski definition) is 6. The van der Waals surface area contributed by atoms with Gasteiger partial charge in [-0.1, -0.05) is 36.4 Å². The largest absolute Gasteiger partial charge is 0.475 e. The number of ketones is 2. The van der Waals surface area contributed by atoms with Gasteiger partial charge in [0.2, 0.25) is 0 Å². The number of hydrogen-bond acceptors (Lipinski definition) is 7. The van der Waals surface area contributed by atoms with Gasteiger partial charge in [-0.2, -0.15) is 0 Å². The highest BCUT2D eigenvalue weighted by molar-refractivity contribution is 9.11. The van der Waals surface area contributed by atoms with Crippen LogP contribution in [0.1, 0.15) is 54.3 Å². The van der Waals surface area contributed by atoms with E-state index in [0.717, 1.165) is 31.6 Å². The number of likely N-dealkylation sites (tertiary alicyclic amines) is 1. The summed E-state index contributed by atoms with van der Waals surface area (Å²) in [5.41, 5.74) is 1.96.